The van der Waals surface area contributed by atoms with Gasteiger partial charge < -0.3 is 25.0 Å². The molecule has 2 rings (SSSR count). The topological polar surface area (TPSA) is 92.6 Å². The molecule has 1 unspecified atom stereocenters. The van der Waals surface area contributed by atoms with Gasteiger partial charge in [0.25, 0.3) is 0 Å². The first-order chi connectivity index (χ1) is 12.7. The van der Waals surface area contributed by atoms with Crippen LogP contribution in [0.3, 0.4) is 0 Å². The summed E-state index contributed by atoms with van der Waals surface area (Å²) >= 11 is 0. The van der Waals surface area contributed by atoms with Gasteiger partial charge in [0.1, 0.15) is 5.75 Å². The number of benzene rings is 1. The number of halogens is 3. The van der Waals surface area contributed by atoms with Crippen LogP contribution in [-0.2, 0) is 16.6 Å². The van der Waals surface area contributed by atoms with Crippen molar-refractivity contribution < 1.29 is 32.6 Å². The van der Waals surface area contributed by atoms with Gasteiger partial charge in [0, 0.05) is 31.2 Å². The minimum atomic E-state index is -4.81. The Bertz CT molecular complexity index is 787. The zero-order chi connectivity index (χ0) is 20.0. The van der Waals surface area contributed by atoms with Crippen molar-refractivity contribution in [2.24, 2.45) is 7.05 Å². The second kappa shape index (κ2) is 8.58. The summed E-state index contributed by atoms with van der Waals surface area (Å²) in [6.45, 7) is 0.0664. The zero-order valence-corrected chi connectivity index (χ0v) is 14.3. The molecule has 0 saturated heterocycles. The van der Waals surface area contributed by atoms with Crippen molar-refractivity contribution in [3.8, 4) is 5.75 Å². The molecule has 0 aliphatic rings. The molecule has 7 nitrogen and oxygen atoms in total. The van der Waals surface area contributed by atoms with Crippen LogP contribution in [0.2, 0.25) is 0 Å². The second-order valence-electron chi connectivity index (χ2n) is 5.63. The zero-order valence-electron chi connectivity index (χ0n) is 14.3. The number of anilines is 1. The lowest BCUT2D eigenvalue weighted by Gasteiger charge is -2.12. The van der Waals surface area contributed by atoms with Crippen LogP contribution in [0.1, 0.15) is 18.2 Å². The predicted octanol–water partition coefficient (Wildman–Crippen LogP) is 2.10. The Morgan fingerprint density at radius 1 is 1.19 bits per heavy atom. The number of amides is 2. The van der Waals surface area contributed by atoms with Gasteiger partial charge in [-0.1, -0.05) is 0 Å². The lowest BCUT2D eigenvalue weighted by Crippen LogP contribution is -2.36. The molecule has 0 fully saturated rings. The van der Waals surface area contributed by atoms with E-state index in [1.54, 1.807) is 29.9 Å². The molecule has 1 aromatic heterocycles. The number of rotatable bonds is 6. The van der Waals surface area contributed by atoms with Crippen LogP contribution in [0.4, 0.5) is 18.9 Å². The Kier molecular flexibility index (Phi) is 6.45. The van der Waals surface area contributed by atoms with Gasteiger partial charge in [-0.05, 0) is 42.8 Å². The lowest BCUT2D eigenvalue weighted by molar-refractivity contribution is -0.274. The average Bonchev–Trinajstić information content (AvgIpc) is 3.01. The maximum Gasteiger partial charge on any atom is 0.573 e. The molecule has 2 amide bonds. The van der Waals surface area contributed by atoms with Gasteiger partial charge in [-0.25, -0.2) is 0 Å². The number of nitrogens with zero attached hydrogens (tertiary/aromatic N) is 1. The average molecular weight is 385 g/mol. The van der Waals surface area contributed by atoms with E-state index in [9.17, 15) is 27.9 Å². The summed E-state index contributed by atoms with van der Waals surface area (Å²) in [5, 5.41) is 14.6. The first kappa shape index (κ1) is 20.3. The number of carbonyl (C=O) groups excluding carboxylic acids is 2. The van der Waals surface area contributed by atoms with E-state index in [1.807, 2.05) is 0 Å². The van der Waals surface area contributed by atoms with E-state index in [2.05, 4.69) is 15.4 Å². The number of aliphatic hydroxyl groups excluding tert-OH is 1. The summed E-state index contributed by atoms with van der Waals surface area (Å²) in [7, 11) is 1.77. The highest BCUT2D eigenvalue weighted by molar-refractivity contribution is 6.39. The molecule has 1 atom stereocenters. The van der Waals surface area contributed by atoms with Crippen molar-refractivity contribution >= 4 is 17.5 Å². The van der Waals surface area contributed by atoms with Gasteiger partial charge in [0.15, 0.2) is 0 Å². The summed E-state index contributed by atoms with van der Waals surface area (Å²) in [4.78, 5) is 23.5. The van der Waals surface area contributed by atoms with E-state index in [1.165, 1.54) is 12.1 Å². The molecule has 10 heteroatoms. The van der Waals surface area contributed by atoms with Crippen molar-refractivity contribution in [2.45, 2.75) is 18.9 Å². The summed E-state index contributed by atoms with van der Waals surface area (Å²) < 4.78 is 41.7. The molecular weight excluding hydrogens is 367 g/mol. The molecule has 1 heterocycles. The first-order valence-electron chi connectivity index (χ1n) is 7.90. The van der Waals surface area contributed by atoms with Gasteiger partial charge in [0.05, 0.1) is 6.10 Å². The fraction of sp³-hybridized carbons (Fsp3) is 0.294. The fourth-order valence-corrected chi connectivity index (χ4v) is 2.30. The SMILES string of the molecule is Cn1cccc1C(O)CCNC(=O)C(=O)Nc1ccc(OC(F)(F)F)cc1. The summed E-state index contributed by atoms with van der Waals surface area (Å²) in [5.41, 5.74) is 0.809. The van der Waals surface area contributed by atoms with Gasteiger partial charge in [-0.3, -0.25) is 9.59 Å². The lowest BCUT2D eigenvalue weighted by atomic mass is 10.2. The molecule has 3 N–H and O–H groups in total. The van der Waals surface area contributed by atoms with Crippen molar-refractivity contribution in [3.05, 3.63) is 48.3 Å². The van der Waals surface area contributed by atoms with Gasteiger partial charge in [-0.2, -0.15) is 0 Å². The number of aryl methyl sites for hydroxylation is 1. The highest BCUT2D eigenvalue weighted by Gasteiger charge is 2.31. The Labute approximate surface area is 152 Å². The van der Waals surface area contributed by atoms with Crippen LogP contribution < -0.4 is 15.4 Å². The van der Waals surface area contributed by atoms with Gasteiger partial charge in [-0.15, -0.1) is 13.2 Å². The largest absolute Gasteiger partial charge is 0.573 e. The van der Waals surface area contributed by atoms with E-state index < -0.39 is 30.0 Å². The molecule has 1 aromatic carbocycles. The van der Waals surface area contributed by atoms with Crippen LogP contribution in [0.25, 0.3) is 0 Å². The van der Waals surface area contributed by atoms with Crippen molar-refractivity contribution in [1.29, 1.82) is 0 Å². The maximum absolute atomic E-state index is 12.1. The van der Waals surface area contributed by atoms with E-state index in [0.717, 1.165) is 12.1 Å². The number of carbonyl (C=O) groups is 2. The van der Waals surface area contributed by atoms with Gasteiger partial charge >= 0.3 is 18.2 Å². The minimum absolute atomic E-state index is 0.0664. The maximum atomic E-state index is 12.1. The van der Waals surface area contributed by atoms with E-state index in [-0.39, 0.29) is 18.7 Å². The monoisotopic (exact) mass is 385 g/mol. The second-order valence-corrected chi connectivity index (χ2v) is 5.63. The third-order valence-electron chi connectivity index (χ3n) is 3.58. The Hall–Kier alpha value is -3.01. The van der Waals surface area contributed by atoms with Crippen LogP contribution >= 0.6 is 0 Å². The van der Waals surface area contributed by atoms with Crippen LogP contribution in [-0.4, -0.2) is 34.4 Å². The number of aromatic nitrogens is 1. The molecule has 0 bridgehead atoms. The molecular formula is C17H18F3N3O4. The third kappa shape index (κ3) is 6.33. The molecule has 0 spiro atoms. The summed E-state index contributed by atoms with van der Waals surface area (Å²) in [6, 6.07) is 7.88. The van der Waals surface area contributed by atoms with Crippen LogP contribution in [0.15, 0.2) is 42.6 Å². The molecule has 2 aromatic rings. The molecule has 146 valence electrons. The molecule has 0 radical (unpaired) electrons. The standard InChI is InChI=1S/C17H18F3N3O4/c1-23-10-2-3-13(23)14(24)8-9-21-15(25)16(26)22-11-4-6-12(7-5-11)27-17(18,19)20/h2-7,10,14,24H,8-9H2,1H3,(H,21,25)(H,22,26). The fourth-order valence-electron chi connectivity index (χ4n) is 2.30. The Morgan fingerprint density at radius 2 is 1.85 bits per heavy atom. The summed E-state index contributed by atoms with van der Waals surface area (Å²) in [6.07, 6.45) is -3.63. The molecule has 0 saturated carbocycles. The molecule has 0 aliphatic carbocycles. The van der Waals surface area contributed by atoms with Crippen molar-refractivity contribution in [1.82, 2.24) is 9.88 Å². The molecule has 0 aliphatic heterocycles. The van der Waals surface area contributed by atoms with Gasteiger partial charge in [0.2, 0.25) is 0 Å². The molecule has 27 heavy (non-hydrogen) atoms. The van der Waals surface area contributed by atoms with Crippen LogP contribution in [0, 0.1) is 0 Å². The Morgan fingerprint density at radius 3 is 2.41 bits per heavy atom. The Balaban J connectivity index is 1.78. The highest BCUT2D eigenvalue weighted by atomic mass is 19.4. The third-order valence-corrected chi connectivity index (χ3v) is 3.58. The van der Waals surface area contributed by atoms with Crippen LogP contribution in [0.5, 0.6) is 5.75 Å². The van der Waals surface area contributed by atoms with E-state index in [0.29, 0.717) is 5.69 Å². The van der Waals surface area contributed by atoms with Crippen molar-refractivity contribution in [2.75, 3.05) is 11.9 Å². The quantitative estimate of drug-likeness (QED) is 0.664. The van der Waals surface area contributed by atoms with E-state index in [4.69, 9.17) is 0 Å². The van der Waals surface area contributed by atoms with E-state index >= 15 is 0 Å². The number of ether oxygens (including phenoxy) is 1. The number of hydrogen-bond donors (Lipinski definition) is 3. The highest BCUT2D eigenvalue weighted by Crippen LogP contribution is 2.23. The summed E-state index contributed by atoms with van der Waals surface area (Å²) in [5.74, 6) is -2.35. The predicted molar refractivity (Wildman–Crippen MR) is 89.8 cm³/mol. The normalized spacial score (nSPS) is 12.3. The van der Waals surface area contributed by atoms with Crippen molar-refractivity contribution in [3.63, 3.8) is 0 Å². The number of alkyl halides is 3. The minimum Gasteiger partial charge on any atom is -0.406 e. The number of aliphatic hydroxyl groups is 1. The smallest absolute Gasteiger partial charge is 0.406 e. The number of hydrogen-bond acceptors (Lipinski definition) is 4. The first-order valence-corrected chi connectivity index (χ1v) is 7.90. The number of nitrogens with one attached hydrogen (secondary N) is 2.